The Morgan fingerprint density at radius 2 is 1.77 bits per heavy atom. The maximum absolute atomic E-state index is 12.3. The summed E-state index contributed by atoms with van der Waals surface area (Å²) in [5.41, 5.74) is 3.15. The van der Waals surface area contributed by atoms with Gasteiger partial charge in [-0.3, -0.25) is 9.48 Å². The minimum atomic E-state index is 0.00954. The number of carbonyl (C=O) groups is 1. The number of fused-ring (bicyclic) bond motifs is 1. The van der Waals surface area contributed by atoms with Crippen LogP contribution in [0.1, 0.15) is 25.7 Å². The first kappa shape index (κ1) is 16.6. The van der Waals surface area contributed by atoms with Crippen LogP contribution in [0.5, 0.6) is 0 Å². The van der Waals surface area contributed by atoms with Crippen LogP contribution in [0.4, 0.5) is 11.4 Å². The second-order valence-electron chi connectivity index (χ2n) is 6.82. The maximum atomic E-state index is 12.3. The van der Waals surface area contributed by atoms with E-state index in [2.05, 4.69) is 27.4 Å². The highest BCUT2D eigenvalue weighted by molar-refractivity contribution is 5.91. The summed E-state index contributed by atoms with van der Waals surface area (Å²) in [6.45, 7) is 2.83. The first-order chi connectivity index (χ1) is 12.8. The zero-order valence-corrected chi connectivity index (χ0v) is 14.9. The van der Waals surface area contributed by atoms with Crippen LogP contribution in [-0.2, 0) is 11.3 Å². The van der Waals surface area contributed by atoms with Crippen molar-refractivity contribution in [3.05, 3.63) is 54.7 Å². The van der Waals surface area contributed by atoms with Gasteiger partial charge in [-0.15, -0.1) is 0 Å². The van der Waals surface area contributed by atoms with Gasteiger partial charge < -0.3 is 10.2 Å². The molecule has 0 unspecified atom stereocenters. The van der Waals surface area contributed by atoms with E-state index in [9.17, 15) is 4.79 Å². The van der Waals surface area contributed by atoms with E-state index in [1.54, 1.807) is 0 Å². The predicted octanol–water partition coefficient (Wildman–Crippen LogP) is 4.06. The molecule has 134 valence electrons. The van der Waals surface area contributed by atoms with Crippen molar-refractivity contribution >= 4 is 28.2 Å². The molecule has 0 radical (unpaired) electrons. The van der Waals surface area contributed by atoms with Crippen molar-refractivity contribution in [1.29, 1.82) is 0 Å². The first-order valence-electron chi connectivity index (χ1n) is 9.35. The third-order valence-electron chi connectivity index (χ3n) is 4.97. The Morgan fingerprint density at radius 3 is 2.58 bits per heavy atom. The molecule has 0 aliphatic carbocycles. The van der Waals surface area contributed by atoms with Crippen LogP contribution in [0.2, 0.25) is 0 Å². The van der Waals surface area contributed by atoms with Gasteiger partial charge in [0.1, 0.15) is 0 Å². The Labute approximate surface area is 153 Å². The summed E-state index contributed by atoms with van der Waals surface area (Å²) in [7, 11) is 0. The van der Waals surface area contributed by atoms with Gasteiger partial charge in [-0.1, -0.05) is 18.2 Å². The summed E-state index contributed by atoms with van der Waals surface area (Å²) >= 11 is 0. The maximum Gasteiger partial charge on any atom is 0.226 e. The molecule has 1 N–H and O–H groups in total. The van der Waals surface area contributed by atoms with Gasteiger partial charge in [0.2, 0.25) is 5.91 Å². The second-order valence-corrected chi connectivity index (χ2v) is 6.82. The summed E-state index contributed by atoms with van der Waals surface area (Å²) in [6.07, 6.45) is 6.10. The number of aromatic nitrogens is 2. The average molecular weight is 348 g/mol. The van der Waals surface area contributed by atoms with E-state index < -0.39 is 0 Å². The van der Waals surface area contributed by atoms with Gasteiger partial charge in [0.15, 0.2) is 0 Å². The number of para-hydroxylation sites is 1. The molecule has 1 aromatic heterocycles. The van der Waals surface area contributed by atoms with Crippen LogP contribution >= 0.6 is 0 Å². The van der Waals surface area contributed by atoms with Crippen LogP contribution in [-0.4, -0.2) is 28.8 Å². The van der Waals surface area contributed by atoms with Crippen molar-refractivity contribution in [1.82, 2.24) is 9.78 Å². The summed E-state index contributed by atoms with van der Waals surface area (Å²) in [5, 5.41) is 8.45. The minimum absolute atomic E-state index is 0.00954. The fraction of sp³-hybridized carbons (Fsp3) is 0.333. The SMILES string of the molecule is O=C(CCn1ncc2ccccc21)Nc1ccc(N2CCCCC2)cc1. The molecule has 5 nitrogen and oxygen atoms in total. The molecule has 0 bridgehead atoms. The number of hydrogen-bond donors (Lipinski definition) is 1. The summed E-state index contributed by atoms with van der Waals surface area (Å²) in [4.78, 5) is 14.7. The zero-order valence-electron chi connectivity index (χ0n) is 14.9. The van der Waals surface area contributed by atoms with Crippen molar-refractivity contribution in [2.75, 3.05) is 23.3 Å². The van der Waals surface area contributed by atoms with Gasteiger partial charge in [0, 0.05) is 36.3 Å². The molecule has 0 atom stereocenters. The molecule has 0 spiro atoms. The van der Waals surface area contributed by atoms with Crippen molar-refractivity contribution in [3.63, 3.8) is 0 Å². The fourth-order valence-electron chi connectivity index (χ4n) is 3.54. The van der Waals surface area contributed by atoms with E-state index in [1.807, 2.05) is 47.3 Å². The smallest absolute Gasteiger partial charge is 0.226 e. The molecule has 26 heavy (non-hydrogen) atoms. The number of benzene rings is 2. The molecular weight excluding hydrogens is 324 g/mol. The average Bonchev–Trinajstić information content (AvgIpc) is 3.11. The second kappa shape index (κ2) is 7.60. The number of hydrogen-bond acceptors (Lipinski definition) is 3. The number of carbonyl (C=O) groups excluding carboxylic acids is 1. The summed E-state index contributed by atoms with van der Waals surface area (Å²) in [5.74, 6) is 0.00954. The monoisotopic (exact) mass is 348 g/mol. The number of rotatable bonds is 5. The molecule has 1 fully saturated rings. The molecule has 5 heteroatoms. The number of piperidine rings is 1. The quantitative estimate of drug-likeness (QED) is 0.756. The van der Waals surface area contributed by atoms with Gasteiger partial charge in [-0.05, 0) is 49.6 Å². The molecular formula is C21H24N4O. The highest BCUT2D eigenvalue weighted by atomic mass is 16.1. The predicted molar refractivity (Wildman–Crippen MR) is 105 cm³/mol. The third kappa shape index (κ3) is 3.72. The van der Waals surface area contributed by atoms with Gasteiger partial charge >= 0.3 is 0 Å². The third-order valence-corrected chi connectivity index (χ3v) is 4.97. The molecule has 4 rings (SSSR count). The van der Waals surface area contributed by atoms with E-state index >= 15 is 0 Å². The highest BCUT2D eigenvalue weighted by Crippen LogP contribution is 2.22. The van der Waals surface area contributed by atoms with Crippen molar-refractivity contribution in [2.45, 2.75) is 32.2 Å². The molecule has 2 heterocycles. The van der Waals surface area contributed by atoms with E-state index in [0.717, 1.165) is 29.7 Å². The van der Waals surface area contributed by atoms with Gasteiger partial charge in [-0.25, -0.2) is 0 Å². The molecule has 1 aliphatic heterocycles. The lowest BCUT2D eigenvalue weighted by molar-refractivity contribution is -0.116. The van der Waals surface area contributed by atoms with Crippen LogP contribution in [0.15, 0.2) is 54.7 Å². The number of aryl methyl sites for hydroxylation is 1. The van der Waals surface area contributed by atoms with Crippen LogP contribution in [0.3, 0.4) is 0 Å². The Kier molecular flexibility index (Phi) is 4.86. The largest absolute Gasteiger partial charge is 0.372 e. The van der Waals surface area contributed by atoms with Crippen molar-refractivity contribution in [3.8, 4) is 0 Å². The van der Waals surface area contributed by atoms with Gasteiger partial charge in [-0.2, -0.15) is 5.10 Å². The normalized spacial score (nSPS) is 14.5. The van der Waals surface area contributed by atoms with E-state index in [-0.39, 0.29) is 5.91 Å². The summed E-state index contributed by atoms with van der Waals surface area (Å²) < 4.78 is 1.88. The standard InChI is InChI=1S/C21H24N4O/c26-21(12-15-25-20-7-3-2-6-17(20)16-22-25)23-18-8-10-19(11-9-18)24-13-4-1-5-14-24/h2-3,6-11,16H,1,4-5,12-15H2,(H,23,26). The van der Waals surface area contributed by atoms with Crippen LogP contribution in [0.25, 0.3) is 10.9 Å². The molecule has 2 aromatic carbocycles. The van der Waals surface area contributed by atoms with Gasteiger partial charge in [0.25, 0.3) is 0 Å². The molecule has 3 aromatic rings. The van der Waals surface area contributed by atoms with E-state index in [4.69, 9.17) is 0 Å². The van der Waals surface area contributed by atoms with Gasteiger partial charge in [0.05, 0.1) is 18.3 Å². The van der Waals surface area contributed by atoms with Crippen molar-refractivity contribution < 1.29 is 4.79 Å². The minimum Gasteiger partial charge on any atom is -0.372 e. The molecule has 1 amide bonds. The Balaban J connectivity index is 1.33. The van der Waals surface area contributed by atoms with Crippen LogP contribution < -0.4 is 10.2 Å². The fourth-order valence-corrected chi connectivity index (χ4v) is 3.54. The number of nitrogens with zero attached hydrogens (tertiary/aromatic N) is 3. The van der Waals surface area contributed by atoms with E-state index in [0.29, 0.717) is 13.0 Å². The lowest BCUT2D eigenvalue weighted by atomic mass is 10.1. The molecule has 1 saturated heterocycles. The topological polar surface area (TPSA) is 50.2 Å². The number of nitrogens with one attached hydrogen (secondary N) is 1. The number of anilines is 2. The highest BCUT2D eigenvalue weighted by Gasteiger charge is 2.11. The summed E-state index contributed by atoms with van der Waals surface area (Å²) in [6, 6.07) is 16.2. The Hall–Kier alpha value is -2.82. The molecule has 0 saturated carbocycles. The Bertz CT molecular complexity index is 878. The van der Waals surface area contributed by atoms with E-state index in [1.165, 1.54) is 24.9 Å². The Morgan fingerprint density at radius 1 is 1.00 bits per heavy atom. The lowest BCUT2D eigenvalue weighted by Crippen LogP contribution is -2.29. The number of amides is 1. The van der Waals surface area contributed by atoms with Crippen molar-refractivity contribution in [2.24, 2.45) is 0 Å². The molecule has 1 aliphatic rings. The lowest BCUT2D eigenvalue weighted by Gasteiger charge is -2.28. The first-order valence-corrected chi connectivity index (χ1v) is 9.35. The van der Waals surface area contributed by atoms with Crippen LogP contribution in [0, 0.1) is 0 Å². The zero-order chi connectivity index (χ0) is 17.8.